The SMILES string of the molecule is C[C@@H]1CCCC[C@H]1N1C(=O)C(=O)N(Cc2ccc(Cl)cc2Cl)C1=O. The van der Waals surface area contributed by atoms with Gasteiger partial charge in [-0.2, -0.15) is 0 Å². The van der Waals surface area contributed by atoms with E-state index >= 15 is 0 Å². The Balaban J connectivity index is 1.83. The first-order chi connectivity index (χ1) is 11.4. The number of imide groups is 2. The fourth-order valence-corrected chi connectivity index (χ4v) is 3.92. The topological polar surface area (TPSA) is 57.7 Å². The predicted octanol–water partition coefficient (Wildman–Crippen LogP) is 3.86. The maximum absolute atomic E-state index is 12.7. The first-order valence-electron chi connectivity index (χ1n) is 8.03. The highest BCUT2D eigenvalue weighted by Gasteiger charge is 2.49. The Morgan fingerprint density at radius 3 is 2.46 bits per heavy atom. The van der Waals surface area contributed by atoms with Crippen molar-refractivity contribution in [3.8, 4) is 0 Å². The van der Waals surface area contributed by atoms with Crippen molar-refractivity contribution in [2.75, 3.05) is 0 Å². The van der Waals surface area contributed by atoms with Gasteiger partial charge in [0.15, 0.2) is 0 Å². The molecular weight excluding hydrogens is 351 g/mol. The Bertz CT molecular complexity index is 707. The van der Waals surface area contributed by atoms with Gasteiger partial charge in [0.25, 0.3) is 0 Å². The van der Waals surface area contributed by atoms with E-state index in [1.807, 2.05) is 6.92 Å². The number of rotatable bonds is 3. The van der Waals surface area contributed by atoms with Gasteiger partial charge >= 0.3 is 17.8 Å². The van der Waals surface area contributed by atoms with Crippen molar-refractivity contribution in [3.05, 3.63) is 33.8 Å². The molecule has 2 fully saturated rings. The summed E-state index contributed by atoms with van der Waals surface area (Å²) < 4.78 is 0. The number of benzene rings is 1. The lowest BCUT2D eigenvalue weighted by Crippen LogP contribution is -2.46. The van der Waals surface area contributed by atoms with Crippen LogP contribution in [-0.2, 0) is 16.1 Å². The Morgan fingerprint density at radius 1 is 1.08 bits per heavy atom. The van der Waals surface area contributed by atoms with Gasteiger partial charge in [0.1, 0.15) is 0 Å². The van der Waals surface area contributed by atoms with Crippen molar-refractivity contribution in [3.63, 3.8) is 0 Å². The molecule has 2 atom stereocenters. The second kappa shape index (κ2) is 6.73. The van der Waals surface area contributed by atoms with Gasteiger partial charge in [0.05, 0.1) is 6.54 Å². The standard InChI is InChI=1S/C17H18Cl2N2O3/c1-10-4-2-3-5-14(10)21-16(23)15(22)20(17(21)24)9-11-6-7-12(18)8-13(11)19/h6-8,10,14H,2-5,9H2,1H3/t10-,14-/m1/s1. The van der Waals surface area contributed by atoms with E-state index in [1.54, 1.807) is 18.2 Å². The molecule has 0 aromatic heterocycles. The number of nitrogens with zero attached hydrogens (tertiary/aromatic N) is 2. The Hall–Kier alpha value is -1.59. The third-order valence-corrected chi connectivity index (χ3v) is 5.41. The maximum atomic E-state index is 12.7. The van der Waals surface area contributed by atoms with Gasteiger partial charge in [-0.1, -0.05) is 49.0 Å². The zero-order valence-corrected chi connectivity index (χ0v) is 14.8. The van der Waals surface area contributed by atoms with Crippen LogP contribution in [0, 0.1) is 5.92 Å². The van der Waals surface area contributed by atoms with E-state index in [0.717, 1.165) is 35.5 Å². The van der Waals surface area contributed by atoms with E-state index in [-0.39, 0.29) is 18.5 Å². The fourth-order valence-electron chi connectivity index (χ4n) is 3.45. The zero-order chi connectivity index (χ0) is 17.4. The monoisotopic (exact) mass is 368 g/mol. The molecular formula is C17H18Cl2N2O3. The quantitative estimate of drug-likeness (QED) is 0.601. The van der Waals surface area contributed by atoms with Crippen LogP contribution in [-0.4, -0.2) is 33.7 Å². The van der Waals surface area contributed by atoms with Crippen molar-refractivity contribution < 1.29 is 14.4 Å². The van der Waals surface area contributed by atoms with Gasteiger partial charge in [-0.15, -0.1) is 0 Å². The number of urea groups is 1. The molecule has 1 aliphatic carbocycles. The average Bonchev–Trinajstić information content (AvgIpc) is 2.74. The highest BCUT2D eigenvalue weighted by molar-refractivity contribution is 6.44. The number of carbonyl (C=O) groups excluding carboxylic acids is 3. The predicted molar refractivity (Wildman–Crippen MR) is 90.7 cm³/mol. The minimum atomic E-state index is -0.788. The molecule has 1 saturated heterocycles. The summed E-state index contributed by atoms with van der Waals surface area (Å²) in [6, 6.07) is 4.09. The van der Waals surface area contributed by atoms with Crippen molar-refractivity contribution in [1.29, 1.82) is 0 Å². The van der Waals surface area contributed by atoms with Gasteiger partial charge < -0.3 is 0 Å². The summed E-state index contributed by atoms with van der Waals surface area (Å²) in [5.74, 6) is -1.31. The molecule has 1 aromatic carbocycles. The second-order valence-corrected chi connectivity index (χ2v) is 7.26. The molecule has 0 bridgehead atoms. The molecule has 1 aliphatic heterocycles. The molecule has 3 rings (SSSR count). The van der Waals surface area contributed by atoms with Gasteiger partial charge in [-0.05, 0) is 36.5 Å². The average molecular weight is 369 g/mol. The van der Waals surface area contributed by atoms with E-state index < -0.39 is 17.8 Å². The number of amides is 4. The van der Waals surface area contributed by atoms with Crippen LogP contribution in [0.4, 0.5) is 4.79 Å². The minimum absolute atomic E-state index is 0.0307. The number of hydrogen-bond donors (Lipinski definition) is 0. The molecule has 2 aliphatic rings. The number of carbonyl (C=O) groups is 3. The molecule has 4 amide bonds. The summed E-state index contributed by atoms with van der Waals surface area (Å²) in [5, 5.41) is 0.830. The highest BCUT2D eigenvalue weighted by Crippen LogP contribution is 2.32. The minimum Gasteiger partial charge on any atom is -0.263 e. The largest absolute Gasteiger partial charge is 0.334 e. The van der Waals surface area contributed by atoms with Crippen LogP contribution < -0.4 is 0 Å². The molecule has 24 heavy (non-hydrogen) atoms. The van der Waals surface area contributed by atoms with E-state index in [0.29, 0.717) is 15.6 Å². The van der Waals surface area contributed by atoms with Gasteiger partial charge in [0.2, 0.25) is 0 Å². The van der Waals surface area contributed by atoms with Crippen LogP contribution in [0.5, 0.6) is 0 Å². The van der Waals surface area contributed by atoms with E-state index in [2.05, 4.69) is 0 Å². The molecule has 0 N–H and O–H groups in total. The van der Waals surface area contributed by atoms with Gasteiger partial charge in [-0.25, -0.2) is 4.79 Å². The first-order valence-corrected chi connectivity index (χ1v) is 8.78. The van der Waals surface area contributed by atoms with Crippen LogP contribution in [0.3, 0.4) is 0 Å². The van der Waals surface area contributed by atoms with Crippen LogP contribution in [0.25, 0.3) is 0 Å². The Kier molecular flexibility index (Phi) is 4.83. The van der Waals surface area contributed by atoms with Gasteiger partial charge in [0, 0.05) is 16.1 Å². The zero-order valence-electron chi connectivity index (χ0n) is 13.3. The smallest absolute Gasteiger partial charge is 0.263 e. The van der Waals surface area contributed by atoms with Crippen LogP contribution >= 0.6 is 23.2 Å². The summed E-state index contributed by atoms with van der Waals surface area (Å²) in [7, 11) is 0. The molecule has 1 saturated carbocycles. The van der Waals surface area contributed by atoms with Crippen molar-refractivity contribution in [1.82, 2.24) is 9.80 Å². The number of halogens is 2. The lowest BCUT2D eigenvalue weighted by molar-refractivity contribution is -0.144. The summed E-state index contributed by atoms with van der Waals surface area (Å²) in [4.78, 5) is 39.5. The summed E-state index contributed by atoms with van der Waals surface area (Å²) in [6.07, 6.45) is 3.76. The summed E-state index contributed by atoms with van der Waals surface area (Å²) in [6.45, 7) is 1.99. The molecule has 0 unspecified atom stereocenters. The highest BCUT2D eigenvalue weighted by atomic mass is 35.5. The molecule has 0 spiro atoms. The van der Waals surface area contributed by atoms with E-state index in [9.17, 15) is 14.4 Å². The first kappa shape index (κ1) is 17.2. The maximum Gasteiger partial charge on any atom is 0.334 e. The molecule has 0 radical (unpaired) electrons. The van der Waals surface area contributed by atoms with Crippen molar-refractivity contribution >= 4 is 41.0 Å². The second-order valence-electron chi connectivity index (χ2n) is 6.41. The third-order valence-electron chi connectivity index (χ3n) is 4.83. The summed E-state index contributed by atoms with van der Waals surface area (Å²) in [5.41, 5.74) is 0.578. The van der Waals surface area contributed by atoms with Crippen LogP contribution in [0.15, 0.2) is 18.2 Å². The fraction of sp³-hybridized carbons (Fsp3) is 0.471. The Morgan fingerprint density at radius 2 is 1.79 bits per heavy atom. The van der Waals surface area contributed by atoms with E-state index in [1.165, 1.54) is 0 Å². The normalized spacial score (nSPS) is 24.9. The number of hydrogen-bond acceptors (Lipinski definition) is 3. The van der Waals surface area contributed by atoms with Gasteiger partial charge in [-0.3, -0.25) is 19.4 Å². The van der Waals surface area contributed by atoms with E-state index in [4.69, 9.17) is 23.2 Å². The molecule has 7 heteroatoms. The lowest BCUT2D eigenvalue weighted by Gasteiger charge is -2.34. The van der Waals surface area contributed by atoms with Crippen LogP contribution in [0.1, 0.15) is 38.2 Å². The molecule has 128 valence electrons. The summed E-state index contributed by atoms with van der Waals surface area (Å²) >= 11 is 12.0. The third kappa shape index (κ3) is 3.03. The lowest BCUT2D eigenvalue weighted by atomic mass is 9.85. The molecule has 1 heterocycles. The van der Waals surface area contributed by atoms with Crippen LogP contribution in [0.2, 0.25) is 10.0 Å². The molecule has 5 nitrogen and oxygen atoms in total. The molecule has 1 aromatic rings. The Labute approximate surface area is 150 Å². The van der Waals surface area contributed by atoms with Crippen molar-refractivity contribution in [2.45, 2.75) is 45.2 Å². The van der Waals surface area contributed by atoms with Crippen molar-refractivity contribution in [2.24, 2.45) is 5.92 Å².